The first-order chi connectivity index (χ1) is 10.7. The third kappa shape index (κ3) is 3.92. The molecule has 1 aromatic rings. The van der Waals surface area contributed by atoms with Gasteiger partial charge in [0.05, 0.1) is 35.2 Å². The highest BCUT2D eigenvalue weighted by Crippen LogP contribution is 2.25. The second-order valence-electron chi connectivity index (χ2n) is 5.55. The van der Waals surface area contributed by atoms with E-state index in [4.69, 9.17) is 5.11 Å². The van der Waals surface area contributed by atoms with Crippen molar-refractivity contribution in [2.75, 3.05) is 24.7 Å². The Morgan fingerprint density at radius 1 is 1.22 bits per heavy atom. The first-order valence-electron chi connectivity index (χ1n) is 7.31. The lowest BCUT2D eigenvalue weighted by Crippen LogP contribution is -2.47. The van der Waals surface area contributed by atoms with Crippen molar-refractivity contribution in [2.45, 2.75) is 30.4 Å². The Bertz CT molecular complexity index is 742. The Kier molecular flexibility index (Phi) is 5.47. The molecule has 1 saturated heterocycles. The number of nitrogens with zero attached hydrogens (tertiary/aromatic N) is 1. The zero-order valence-electron chi connectivity index (χ0n) is 12.8. The minimum absolute atomic E-state index is 0.0136. The van der Waals surface area contributed by atoms with Gasteiger partial charge in [0, 0.05) is 6.54 Å². The van der Waals surface area contributed by atoms with Crippen LogP contribution in [0.15, 0.2) is 29.2 Å². The van der Waals surface area contributed by atoms with Crippen molar-refractivity contribution >= 4 is 19.9 Å². The van der Waals surface area contributed by atoms with Gasteiger partial charge in [-0.1, -0.05) is 19.1 Å². The Hall–Kier alpha value is -1.00. The van der Waals surface area contributed by atoms with E-state index in [1.54, 1.807) is 12.1 Å². The van der Waals surface area contributed by atoms with Crippen LogP contribution in [0, 0.1) is 0 Å². The van der Waals surface area contributed by atoms with Crippen molar-refractivity contribution in [1.29, 1.82) is 0 Å². The van der Waals surface area contributed by atoms with Gasteiger partial charge in [0.2, 0.25) is 10.0 Å². The molecule has 1 aliphatic heterocycles. The Morgan fingerprint density at radius 3 is 2.26 bits per heavy atom. The molecule has 9 heteroatoms. The second kappa shape index (κ2) is 6.86. The average molecular weight is 363 g/mol. The van der Waals surface area contributed by atoms with Crippen molar-refractivity contribution in [2.24, 2.45) is 0 Å². The molecule has 0 spiro atoms. The molecule has 2 atom stereocenters. The molecule has 1 aliphatic rings. The summed E-state index contributed by atoms with van der Waals surface area (Å²) in [6.45, 7) is 1.21. The Morgan fingerprint density at radius 2 is 1.83 bits per heavy atom. The van der Waals surface area contributed by atoms with E-state index in [1.165, 1.54) is 12.1 Å². The lowest BCUT2D eigenvalue weighted by molar-refractivity contribution is 0.117. The summed E-state index contributed by atoms with van der Waals surface area (Å²) >= 11 is 0. The van der Waals surface area contributed by atoms with Gasteiger partial charge >= 0.3 is 0 Å². The number of benzene rings is 1. The van der Waals surface area contributed by atoms with Crippen molar-refractivity contribution in [3.05, 3.63) is 29.8 Å². The van der Waals surface area contributed by atoms with E-state index in [2.05, 4.69) is 0 Å². The van der Waals surface area contributed by atoms with E-state index in [-0.39, 0.29) is 11.4 Å². The van der Waals surface area contributed by atoms with Crippen molar-refractivity contribution in [1.82, 2.24) is 4.31 Å². The van der Waals surface area contributed by atoms with Gasteiger partial charge in [-0.25, -0.2) is 16.8 Å². The van der Waals surface area contributed by atoms with E-state index < -0.39 is 50.1 Å². The highest BCUT2D eigenvalue weighted by atomic mass is 32.2. The number of hydrogen-bond donors (Lipinski definition) is 2. The maximum absolute atomic E-state index is 12.8. The number of sulfonamides is 1. The van der Waals surface area contributed by atoms with Crippen LogP contribution in [0.25, 0.3) is 0 Å². The minimum Gasteiger partial charge on any atom is -0.395 e. The average Bonchev–Trinajstić information content (AvgIpc) is 2.77. The summed E-state index contributed by atoms with van der Waals surface area (Å²) in [6.07, 6.45) is -0.531. The van der Waals surface area contributed by atoms with Crippen molar-refractivity contribution < 1.29 is 27.0 Å². The zero-order valence-corrected chi connectivity index (χ0v) is 14.4. The Labute approximate surface area is 136 Å². The summed E-state index contributed by atoms with van der Waals surface area (Å²) in [6, 6.07) is 5.20. The SMILES string of the molecule is CCc1ccc(S(=O)(=O)N(CCO)[C@H]2CS(=O)(=O)C[C@@H]2O)cc1. The smallest absolute Gasteiger partial charge is 0.243 e. The first kappa shape index (κ1) is 18.3. The highest BCUT2D eigenvalue weighted by molar-refractivity contribution is 7.92. The first-order valence-corrected chi connectivity index (χ1v) is 10.6. The minimum atomic E-state index is -4.01. The lowest BCUT2D eigenvalue weighted by atomic mass is 10.2. The van der Waals surface area contributed by atoms with Crippen LogP contribution in [0.2, 0.25) is 0 Å². The van der Waals surface area contributed by atoms with Gasteiger partial charge in [0.25, 0.3) is 0 Å². The fourth-order valence-electron chi connectivity index (χ4n) is 2.68. The Balaban J connectivity index is 2.39. The number of sulfone groups is 1. The van der Waals surface area contributed by atoms with Gasteiger partial charge in [-0.15, -0.1) is 0 Å². The summed E-state index contributed by atoms with van der Waals surface area (Å²) in [5.41, 5.74) is 0.973. The summed E-state index contributed by atoms with van der Waals surface area (Å²) in [5, 5.41) is 19.1. The van der Waals surface area contributed by atoms with Crippen LogP contribution in [0.3, 0.4) is 0 Å². The van der Waals surface area contributed by atoms with Crippen LogP contribution >= 0.6 is 0 Å². The molecular weight excluding hydrogens is 342 g/mol. The molecule has 2 N–H and O–H groups in total. The zero-order chi connectivity index (χ0) is 17.3. The number of aliphatic hydroxyl groups excluding tert-OH is 2. The maximum atomic E-state index is 12.8. The van der Waals surface area contributed by atoms with Gasteiger partial charge in [0.15, 0.2) is 9.84 Å². The van der Waals surface area contributed by atoms with Crippen LogP contribution < -0.4 is 0 Å². The van der Waals surface area contributed by atoms with E-state index in [0.717, 1.165) is 16.3 Å². The normalized spacial score (nSPS) is 24.2. The monoisotopic (exact) mass is 363 g/mol. The predicted molar refractivity (Wildman–Crippen MR) is 85.2 cm³/mol. The summed E-state index contributed by atoms with van der Waals surface area (Å²) in [4.78, 5) is 0.0136. The van der Waals surface area contributed by atoms with Gasteiger partial charge in [-0.2, -0.15) is 4.31 Å². The van der Waals surface area contributed by atoms with Gasteiger partial charge in [0.1, 0.15) is 0 Å². The van der Waals surface area contributed by atoms with Crippen LogP contribution in [0.5, 0.6) is 0 Å². The largest absolute Gasteiger partial charge is 0.395 e. The van der Waals surface area contributed by atoms with Crippen LogP contribution in [0.4, 0.5) is 0 Å². The lowest BCUT2D eigenvalue weighted by Gasteiger charge is -2.28. The molecule has 0 unspecified atom stereocenters. The van der Waals surface area contributed by atoms with Gasteiger partial charge in [-0.05, 0) is 24.1 Å². The molecule has 0 bridgehead atoms. The molecule has 2 rings (SSSR count). The molecule has 23 heavy (non-hydrogen) atoms. The fourth-order valence-corrected chi connectivity index (χ4v) is 6.22. The number of rotatable bonds is 6. The maximum Gasteiger partial charge on any atom is 0.243 e. The van der Waals surface area contributed by atoms with E-state index in [0.29, 0.717) is 0 Å². The molecule has 0 radical (unpaired) electrons. The third-order valence-corrected chi connectivity index (χ3v) is 7.56. The molecule has 0 saturated carbocycles. The molecule has 1 fully saturated rings. The molecule has 0 aliphatic carbocycles. The quantitative estimate of drug-likeness (QED) is 0.697. The summed E-state index contributed by atoms with van der Waals surface area (Å²) < 4.78 is 49.8. The molecular formula is C14H21NO6S2. The molecule has 0 amide bonds. The molecule has 1 heterocycles. The predicted octanol–water partition coefficient (Wildman–Crippen LogP) is -0.610. The van der Waals surface area contributed by atoms with E-state index in [9.17, 15) is 21.9 Å². The fraction of sp³-hybridized carbons (Fsp3) is 0.571. The molecule has 0 aromatic heterocycles. The van der Waals surface area contributed by atoms with Crippen molar-refractivity contribution in [3.8, 4) is 0 Å². The van der Waals surface area contributed by atoms with Gasteiger partial charge < -0.3 is 10.2 Å². The van der Waals surface area contributed by atoms with Crippen molar-refractivity contribution in [3.63, 3.8) is 0 Å². The second-order valence-corrected chi connectivity index (χ2v) is 9.59. The van der Waals surface area contributed by atoms with Crippen LogP contribution in [0.1, 0.15) is 12.5 Å². The topological polar surface area (TPSA) is 112 Å². The standard InChI is InChI=1S/C14H21NO6S2/c1-2-11-3-5-12(6-4-11)23(20,21)15(7-8-16)13-9-22(18,19)10-14(13)17/h3-6,13-14,16-17H,2,7-10H2,1H3/t13-,14-/m0/s1. The summed E-state index contributed by atoms with van der Waals surface area (Å²) in [5.74, 6) is -0.912. The summed E-state index contributed by atoms with van der Waals surface area (Å²) in [7, 11) is -7.50. The molecule has 7 nitrogen and oxygen atoms in total. The highest BCUT2D eigenvalue weighted by Gasteiger charge is 2.44. The molecule has 130 valence electrons. The number of hydrogen-bond acceptors (Lipinski definition) is 6. The third-order valence-electron chi connectivity index (χ3n) is 3.92. The van der Waals surface area contributed by atoms with Gasteiger partial charge in [-0.3, -0.25) is 0 Å². The number of aliphatic hydroxyl groups is 2. The van der Waals surface area contributed by atoms with Crippen LogP contribution in [-0.4, -0.2) is 68.2 Å². The van der Waals surface area contributed by atoms with E-state index in [1.807, 2.05) is 6.92 Å². The molecule has 1 aromatic carbocycles. The van der Waals surface area contributed by atoms with Crippen LogP contribution in [-0.2, 0) is 26.3 Å². The number of aryl methyl sites for hydroxylation is 1. The van der Waals surface area contributed by atoms with E-state index >= 15 is 0 Å².